The number of nitrogens with zero attached hydrogens (tertiary/aromatic N) is 2. The molecule has 108 valence electrons. The van der Waals surface area contributed by atoms with Gasteiger partial charge in [-0.1, -0.05) is 24.3 Å². The fraction of sp³-hybridized carbons (Fsp3) is 0.188. The van der Waals surface area contributed by atoms with E-state index in [9.17, 15) is 8.78 Å². The molecule has 2 N–H and O–H groups in total. The summed E-state index contributed by atoms with van der Waals surface area (Å²) < 4.78 is 26.6. The standard InChI is InChI=1S/C16H15F2N3/c1-10-4-2-3-5-14(10)21-15(9-20-16(21)19)11-6-7-12(17)13(18)8-11/h2-8,15H,9H2,1H3,(H2,19,20). The summed E-state index contributed by atoms with van der Waals surface area (Å²) in [6, 6.07) is 11.5. The summed E-state index contributed by atoms with van der Waals surface area (Å²) in [6.45, 7) is 2.40. The number of nitrogens with two attached hydrogens (primary N) is 1. The molecule has 2 aromatic rings. The molecule has 3 rings (SSSR count). The van der Waals surface area contributed by atoms with Crippen LogP contribution in [0.5, 0.6) is 0 Å². The maximum atomic E-state index is 13.5. The van der Waals surface area contributed by atoms with E-state index in [0.717, 1.165) is 17.3 Å². The van der Waals surface area contributed by atoms with E-state index in [-0.39, 0.29) is 6.04 Å². The third kappa shape index (κ3) is 2.35. The van der Waals surface area contributed by atoms with Gasteiger partial charge in [-0.15, -0.1) is 0 Å². The van der Waals surface area contributed by atoms with Crippen LogP contribution < -0.4 is 10.6 Å². The molecule has 5 heteroatoms. The summed E-state index contributed by atoms with van der Waals surface area (Å²) in [6.07, 6.45) is 0. The molecule has 0 bridgehead atoms. The third-order valence-corrected chi connectivity index (χ3v) is 3.69. The van der Waals surface area contributed by atoms with Crippen molar-refractivity contribution < 1.29 is 8.78 Å². The van der Waals surface area contributed by atoms with Gasteiger partial charge in [-0.3, -0.25) is 4.99 Å². The van der Waals surface area contributed by atoms with E-state index in [1.54, 1.807) is 6.07 Å². The van der Waals surface area contributed by atoms with Crippen LogP contribution in [0.25, 0.3) is 0 Å². The number of benzene rings is 2. The maximum Gasteiger partial charge on any atom is 0.196 e. The fourth-order valence-corrected chi connectivity index (χ4v) is 2.60. The molecule has 1 unspecified atom stereocenters. The van der Waals surface area contributed by atoms with E-state index in [0.29, 0.717) is 18.1 Å². The molecule has 3 nitrogen and oxygen atoms in total. The lowest BCUT2D eigenvalue weighted by atomic mass is 10.0. The predicted molar refractivity (Wildman–Crippen MR) is 79.2 cm³/mol. The first-order chi connectivity index (χ1) is 10.1. The second-order valence-corrected chi connectivity index (χ2v) is 5.04. The largest absolute Gasteiger partial charge is 0.369 e. The average molecular weight is 287 g/mol. The van der Waals surface area contributed by atoms with Gasteiger partial charge < -0.3 is 10.6 Å². The number of hydrogen-bond donors (Lipinski definition) is 1. The van der Waals surface area contributed by atoms with Gasteiger partial charge in [0.2, 0.25) is 0 Å². The van der Waals surface area contributed by atoms with E-state index >= 15 is 0 Å². The Morgan fingerprint density at radius 1 is 1.14 bits per heavy atom. The zero-order valence-corrected chi connectivity index (χ0v) is 11.6. The molecule has 0 aromatic heterocycles. The van der Waals surface area contributed by atoms with Gasteiger partial charge in [-0.25, -0.2) is 8.78 Å². The van der Waals surface area contributed by atoms with Gasteiger partial charge >= 0.3 is 0 Å². The van der Waals surface area contributed by atoms with E-state index < -0.39 is 11.6 Å². The molecule has 1 atom stereocenters. The first-order valence-electron chi connectivity index (χ1n) is 6.67. The molecule has 1 aliphatic rings. The van der Waals surface area contributed by atoms with Gasteiger partial charge in [-0.05, 0) is 36.2 Å². The smallest absolute Gasteiger partial charge is 0.196 e. The van der Waals surface area contributed by atoms with Crippen molar-refractivity contribution in [3.8, 4) is 0 Å². The third-order valence-electron chi connectivity index (χ3n) is 3.69. The molecule has 0 aliphatic carbocycles. The van der Waals surface area contributed by atoms with Gasteiger partial charge in [0.1, 0.15) is 0 Å². The number of hydrogen-bond acceptors (Lipinski definition) is 3. The summed E-state index contributed by atoms with van der Waals surface area (Å²) in [4.78, 5) is 6.11. The monoisotopic (exact) mass is 287 g/mol. The lowest BCUT2D eigenvalue weighted by Crippen LogP contribution is -2.36. The minimum absolute atomic E-state index is 0.221. The molecule has 0 spiro atoms. The Kier molecular flexibility index (Phi) is 3.33. The van der Waals surface area contributed by atoms with E-state index in [1.807, 2.05) is 36.1 Å². The fourth-order valence-electron chi connectivity index (χ4n) is 2.60. The number of halogens is 2. The second kappa shape index (κ2) is 5.16. The number of guanidine groups is 1. The van der Waals surface area contributed by atoms with Crippen molar-refractivity contribution in [2.24, 2.45) is 10.7 Å². The molecule has 1 aliphatic heterocycles. The Bertz CT molecular complexity index is 712. The van der Waals surface area contributed by atoms with Crippen LogP contribution in [0.15, 0.2) is 47.5 Å². The van der Waals surface area contributed by atoms with E-state index in [4.69, 9.17) is 5.73 Å². The first-order valence-corrected chi connectivity index (χ1v) is 6.67. The molecular weight excluding hydrogens is 272 g/mol. The SMILES string of the molecule is Cc1ccccc1N1C(N)=NCC1c1ccc(F)c(F)c1. The number of rotatable bonds is 2. The van der Waals surface area contributed by atoms with Gasteiger partial charge in [0.25, 0.3) is 0 Å². The Labute approximate surface area is 121 Å². The molecule has 1 heterocycles. The summed E-state index contributed by atoms with van der Waals surface area (Å²) >= 11 is 0. The molecule has 2 aromatic carbocycles. The highest BCUT2D eigenvalue weighted by Gasteiger charge is 2.30. The van der Waals surface area contributed by atoms with Crippen LogP contribution in [0.3, 0.4) is 0 Å². The first kappa shape index (κ1) is 13.5. The van der Waals surface area contributed by atoms with Crippen LogP contribution in [-0.2, 0) is 0 Å². The van der Waals surface area contributed by atoms with E-state index in [2.05, 4.69) is 4.99 Å². The number of aliphatic imine (C=N–C) groups is 1. The highest BCUT2D eigenvalue weighted by Crippen LogP contribution is 2.33. The predicted octanol–water partition coefficient (Wildman–Crippen LogP) is 3.15. The van der Waals surface area contributed by atoms with Crippen LogP contribution in [0, 0.1) is 18.6 Å². The van der Waals surface area contributed by atoms with Gasteiger partial charge in [-0.2, -0.15) is 0 Å². The summed E-state index contributed by atoms with van der Waals surface area (Å²) in [5.41, 5.74) is 8.61. The molecule has 21 heavy (non-hydrogen) atoms. The normalized spacial score (nSPS) is 18.0. The quantitative estimate of drug-likeness (QED) is 0.922. The van der Waals surface area contributed by atoms with Crippen LogP contribution >= 0.6 is 0 Å². The average Bonchev–Trinajstić information content (AvgIpc) is 2.84. The summed E-state index contributed by atoms with van der Waals surface area (Å²) in [5, 5.41) is 0. The van der Waals surface area contributed by atoms with Crippen LogP contribution in [0.4, 0.5) is 14.5 Å². The van der Waals surface area contributed by atoms with Crippen molar-refractivity contribution >= 4 is 11.6 Å². The molecular formula is C16H15F2N3. The second-order valence-electron chi connectivity index (χ2n) is 5.04. The van der Waals surface area contributed by atoms with Crippen molar-refractivity contribution in [2.45, 2.75) is 13.0 Å². The van der Waals surface area contributed by atoms with Crippen molar-refractivity contribution in [3.05, 3.63) is 65.2 Å². The van der Waals surface area contributed by atoms with Crippen LogP contribution in [-0.4, -0.2) is 12.5 Å². The van der Waals surface area contributed by atoms with Gasteiger partial charge in [0, 0.05) is 5.69 Å². The minimum Gasteiger partial charge on any atom is -0.369 e. The van der Waals surface area contributed by atoms with Crippen molar-refractivity contribution in [1.82, 2.24) is 0 Å². The number of anilines is 1. The molecule has 0 fully saturated rings. The minimum atomic E-state index is -0.859. The van der Waals surface area contributed by atoms with Crippen LogP contribution in [0.1, 0.15) is 17.2 Å². The highest BCUT2D eigenvalue weighted by atomic mass is 19.2. The Morgan fingerprint density at radius 3 is 2.62 bits per heavy atom. The maximum absolute atomic E-state index is 13.5. The highest BCUT2D eigenvalue weighted by molar-refractivity contribution is 5.98. The molecule has 0 saturated heterocycles. The van der Waals surface area contributed by atoms with Crippen molar-refractivity contribution in [3.63, 3.8) is 0 Å². The van der Waals surface area contributed by atoms with E-state index in [1.165, 1.54) is 6.07 Å². The number of aryl methyl sites for hydroxylation is 1. The van der Waals surface area contributed by atoms with Gasteiger partial charge in [0.05, 0.1) is 12.6 Å². The molecule has 0 saturated carbocycles. The van der Waals surface area contributed by atoms with Crippen molar-refractivity contribution in [2.75, 3.05) is 11.4 Å². The van der Waals surface area contributed by atoms with Gasteiger partial charge in [0.15, 0.2) is 17.6 Å². The Balaban J connectivity index is 2.03. The Hall–Kier alpha value is -2.43. The zero-order valence-electron chi connectivity index (χ0n) is 11.6. The zero-order chi connectivity index (χ0) is 15.0. The van der Waals surface area contributed by atoms with Crippen molar-refractivity contribution in [1.29, 1.82) is 0 Å². The number of para-hydroxylation sites is 1. The topological polar surface area (TPSA) is 41.6 Å². The summed E-state index contributed by atoms with van der Waals surface area (Å²) in [7, 11) is 0. The van der Waals surface area contributed by atoms with Crippen LogP contribution in [0.2, 0.25) is 0 Å². The lowest BCUT2D eigenvalue weighted by Gasteiger charge is -2.28. The Morgan fingerprint density at radius 2 is 1.90 bits per heavy atom. The summed E-state index contributed by atoms with van der Waals surface area (Å²) in [5.74, 6) is -1.32. The molecule has 0 amide bonds. The molecule has 0 radical (unpaired) electrons. The lowest BCUT2D eigenvalue weighted by molar-refractivity contribution is 0.505.